The summed E-state index contributed by atoms with van der Waals surface area (Å²) in [7, 11) is 0. The summed E-state index contributed by atoms with van der Waals surface area (Å²) in [6, 6.07) is 3.18. The third kappa shape index (κ3) is 3.70. The van der Waals surface area contributed by atoms with E-state index in [9.17, 15) is 20.0 Å². The molecule has 0 spiro atoms. The summed E-state index contributed by atoms with van der Waals surface area (Å²) < 4.78 is 9.79. The van der Waals surface area contributed by atoms with Gasteiger partial charge in [-0.3, -0.25) is 10.1 Å². The molecule has 0 aliphatic carbocycles. The highest BCUT2D eigenvalue weighted by atomic mass is 16.6. The number of esters is 1. The molecule has 7 nitrogen and oxygen atoms in total. The van der Waals surface area contributed by atoms with E-state index in [0.717, 1.165) is 18.2 Å². The number of hydrogen-bond donors (Lipinski definition) is 1. The Labute approximate surface area is 103 Å². The van der Waals surface area contributed by atoms with E-state index in [1.807, 2.05) is 6.92 Å². The van der Waals surface area contributed by atoms with Gasteiger partial charge in [0.15, 0.2) is 0 Å². The van der Waals surface area contributed by atoms with Gasteiger partial charge >= 0.3 is 5.97 Å². The maximum atomic E-state index is 11.5. The van der Waals surface area contributed by atoms with Crippen LogP contribution in [0.5, 0.6) is 5.75 Å². The van der Waals surface area contributed by atoms with Crippen LogP contribution in [0.1, 0.15) is 17.3 Å². The summed E-state index contributed by atoms with van der Waals surface area (Å²) in [6.07, 6.45) is 0. The van der Waals surface area contributed by atoms with Gasteiger partial charge in [0.25, 0.3) is 5.69 Å². The minimum Gasteiger partial charge on any atom is -0.507 e. The first-order valence-electron chi connectivity index (χ1n) is 5.28. The fourth-order valence-electron chi connectivity index (χ4n) is 1.22. The van der Waals surface area contributed by atoms with Gasteiger partial charge in [-0.25, -0.2) is 4.79 Å². The molecule has 0 aromatic heterocycles. The minimum absolute atomic E-state index is 0.0586. The van der Waals surface area contributed by atoms with Crippen molar-refractivity contribution in [2.75, 3.05) is 19.8 Å². The van der Waals surface area contributed by atoms with Crippen molar-refractivity contribution in [3.8, 4) is 5.75 Å². The van der Waals surface area contributed by atoms with Gasteiger partial charge in [0.05, 0.1) is 17.6 Å². The van der Waals surface area contributed by atoms with Crippen LogP contribution in [0.3, 0.4) is 0 Å². The number of aromatic hydroxyl groups is 1. The predicted molar refractivity (Wildman–Crippen MR) is 61.5 cm³/mol. The normalized spacial score (nSPS) is 10.1. The number of carbonyl (C=O) groups excluding carboxylic acids is 1. The SMILES string of the molecule is CCOCCOC(=O)c1ccc([N+](=O)[O-])cc1O. The van der Waals surface area contributed by atoms with E-state index >= 15 is 0 Å². The molecular weight excluding hydrogens is 242 g/mol. The van der Waals surface area contributed by atoms with E-state index < -0.39 is 16.6 Å². The van der Waals surface area contributed by atoms with Crippen LogP contribution in [0.15, 0.2) is 18.2 Å². The average Bonchev–Trinajstić information content (AvgIpc) is 2.34. The molecule has 0 atom stereocenters. The number of ether oxygens (including phenoxy) is 2. The molecule has 0 saturated carbocycles. The molecule has 0 aliphatic rings. The van der Waals surface area contributed by atoms with E-state index in [-0.39, 0.29) is 24.5 Å². The molecule has 0 aliphatic heterocycles. The van der Waals surface area contributed by atoms with Gasteiger partial charge in [0.2, 0.25) is 0 Å². The van der Waals surface area contributed by atoms with Crippen LogP contribution in [0.4, 0.5) is 5.69 Å². The van der Waals surface area contributed by atoms with Gasteiger partial charge in [-0.15, -0.1) is 0 Å². The van der Waals surface area contributed by atoms with Gasteiger partial charge in [-0.1, -0.05) is 0 Å². The standard InChI is InChI=1S/C11H13NO6/c1-2-17-5-6-18-11(14)9-4-3-8(12(15)16)7-10(9)13/h3-4,7,13H,2,5-6H2,1H3. The van der Waals surface area contributed by atoms with E-state index in [1.54, 1.807) is 0 Å². The fourth-order valence-corrected chi connectivity index (χ4v) is 1.22. The number of nitrogens with zero attached hydrogens (tertiary/aromatic N) is 1. The van der Waals surface area contributed by atoms with Crippen LogP contribution in [-0.4, -0.2) is 35.8 Å². The monoisotopic (exact) mass is 255 g/mol. The van der Waals surface area contributed by atoms with Crippen LogP contribution in [-0.2, 0) is 9.47 Å². The molecule has 0 heterocycles. The smallest absolute Gasteiger partial charge is 0.342 e. The molecule has 0 radical (unpaired) electrons. The summed E-state index contributed by atoms with van der Waals surface area (Å²) in [5.41, 5.74) is -0.407. The zero-order valence-electron chi connectivity index (χ0n) is 9.79. The molecule has 0 fully saturated rings. The lowest BCUT2D eigenvalue weighted by atomic mass is 10.2. The molecule has 0 amide bonds. The van der Waals surface area contributed by atoms with Crippen LogP contribution in [0.2, 0.25) is 0 Å². The maximum absolute atomic E-state index is 11.5. The number of benzene rings is 1. The van der Waals surface area contributed by atoms with Crippen molar-refractivity contribution in [3.05, 3.63) is 33.9 Å². The third-order valence-corrected chi connectivity index (χ3v) is 2.08. The largest absolute Gasteiger partial charge is 0.507 e. The molecule has 1 aromatic rings. The zero-order chi connectivity index (χ0) is 13.5. The summed E-state index contributed by atoms with van der Waals surface area (Å²) in [5.74, 6) is -1.23. The van der Waals surface area contributed by atoms with Crippen molar-refractivity contribution < 1.29 is 24.3 Å². The minimum atomic E-state index is -0.748. The van der Waals surface area contributed by atoms with Crippen molar-refractivity contribution >= 4 is 11.7 Å². The van der Waals surface area contributed by atoms with Gasteiger partial charge in [0, 0.05) is 12.7 Å². The highest BCUT2D eigenvalue weighted by Crippen LogP contribution is 2.23. The van der Waals surface area contributed by atoms with Crippen molar-refractivity contribution in [3.63, 3.8) is 0 Å². The number of nitro benzene ring substituents is 1. The Morgan fingerprint density at radius 1 is 1.44 bits per heavy atom. The lowest BCUT2D eigenvalue weighted by molar-refractivity contribution is -0.384. The van der Waals surface area contributed by atoms with E-state index in [1.165, 1.54) is 0 Å². The zero-order valence-corrected chi connectivity index (χ0v) is 9.79. The van der Waals surface area contributed by atoms with Crippen molar-refractivity contribution in [1.82, 2.24) is 0 Å². The molecular formula is C11H13NO6. The van der Waals surface area contributed by atoms with Gasteiger partial charge in [-0.2, -0.15) is 0 Å². The number of nitro groups is 1. The third-order valence-electron chi connectivity index (χ3n) is 2.08. The quantitative estimate of drug-likeness (QED) is 0.358. The summed E-state index contributed by atoms with van der Waals surface area (Å²) in [4.78, 5) is 21.3. The molecule has 1 rings (SSSR count). The number of carbonyl (C=O) groups is 1. The molecule has 0 bridgehead atoms. The Morgan fingerprint density at radius 3 is 2.72 bits per heavy atom. The Balaban J connectivity index is 2.66. The highest BCUT2D eigenvalue weighted by molar-refractivity contribution is 5.92. The second-order valence-electron chi connectivity index (χ2n) is 3.29. The van der Waals surface area contributed by atoms with Crippen LogP contribution in [0.25, 0.3) is 0 Å². The summed E-state index contributed by atoms with van der Waals surface area (Å²) in [6.45, 7) is 2.64. The topological polar surface area (TPSA) is 98.9 Å². The molecule has 18 heavy (non-hydrogen) atoms. The number of non-ortho nitro benzene ring substituents is 1. The van der Waals surface area contributed by atoms with Crippen molar-refractivity contribution in [2.24, 2.45) is 0 Å². The van der Waals surface area contributed by atoms with E-state index in [0.29, 0.717) is 6.61 Å². The number of rotatable bonds is 6. The van der Waals surface area contributed by atoms with Crippen molar-refractivity contribution in [1.29, 1.82) is 0 Å². The maximum Gasteiger partial charge on any atom is 0.342 e. The highest BCUT2D eigenvalue weighted by Gasteiger charge is 2.16. The van der Waals surface area contributed by atoms with Gasteiger partial charge < -0.3 is 14.6 Å². The fraction of sp³-hybridized carbons (Fsp3) is 0.364. The lowest BCUT2D eigenvalue weighted by Gasteiger charge is -2.06. The van der Waals surface area contributed by atoms with Crippen LogP contribution >= 0.6 is 0 Å². The Bertz CT molecular complexity index is 445. The molecule has 1 N–H and O–H groups in total. The number of phenols is 1. The first kappa shape index (κ1) is 13.9. The summed E-state index contributed by atoms with van der Waals surface area (Å²) in [5, 5.41) is 19.9. The first-order chi connectivity index (χ1) is 8.56. The molecule has 7 heteroatoms. The van der Waals surface area contributed by atoms with Crippen LogP contribution < -0.4 is 0 Å². The lowest BCUT2D eigenvalue weighted by Crippen LogP contribution is -2.11. The molecule has 1 aromatic carbocycles. The second kappa shape index (κ2) is 6.55. The Morgan fingerprint density at radius 2 is 2.17 bits per heavy atom. The Hall–Kier alpha value is -2.15. The summed E-state index contributed by atoms with van der Waals surface area (Å²) >= 11 is 0. The number of phenolic OH excluding ortho intramolecular Hbond substituents is 1. The van der Waals surface area contributed by atoms with Crippen molar-refractivity contribution in [2.45, 2.75) is 6.92 Å². The molecule has 0 unspecified atom stereocenters. The predicted octanol–water partition coefficient (Wildman–Crippen LogP) is 1.49. The Kier molecular flexibility index (Phi) is 5.06. The second-order valence-corrected chi connectivity index (χ2v) is 3.29. The van der Waals surface area contributed by atoms with E-state index in [2.05, 4.69) is 0 Å². The van der Waals surface area contributed by atoms with Crippen LogP contribution in [0, 0.1) is 10.1 Å². The first-order valence-corrected chi connectivity index (χ1v) is 5.28. The van der Waals surface area contributed by atoms with Gasteiger partial charge in [-0.05, 0) is 13.0 Å². The van der Waals surface area contributed by atoms with Gasteiger partial charge in [0.1, 0.15) is 17.9 Å². The average molecular weight is 255 g/mol. The number of hydrogen-bond acceptors (Lipinski definition) is 6. The molecule has 98 valence electrons. The van der Waals surface area contributed by atoms with E-state index in [4.69, 9.17) is 9.47 Å². The molecule has 0 saturated heterocycles.